The number of hydrogen-bond acceptors (Lipinski definition) is 1. The van der Waals surface area contributed by atoms with Crippen molar-refractivity contribution >= 4 is 13.7 Å². The summed E-state index contributed by atoms with van der Waals surface area (Å²) in [4.78, 5) is 0. The zero-order valence-corrected chi connectivity index (χ0v) is 19.8. The van der Waals surface area contributed by atoms with E-state index >= 15 is 0 Å². The molecule has 3 heteroatoms. The van der Waals surface area contributed by atoms with Crippen molar-refractivity contribution in [3.63, 3.8) is 0 Å². The minimum absolute atomic E-state index is 0.193. The van der Waals surface area contributed by atoms with Crippen molar-refractivity contribution in [1.29, 1.82) is 0 Å². The molecule has 0 bridgehead atoms. The van der Waals surface area contributed by atoms with Crippen molar-refractivity contribution in [2.75, 3.05) is 0 Å². The molecule has 1 aliphatic rings. The minimum atomic E-state index is -2.75. The van der Waals surface area contributed by atoms with Crippen molar-refractivity contribution in [1.82, 2.24) is 3.80 Å². The summed E-state index contributed by atoms with van der Waals surface area (Å²) in [6, 6.07) is 4.81. The van der Waals surface area contributed by atoms with Crippen LogP contribution in [0.15, 0.2) is 17.7 Å². The van der Waals surface area contributed by atoms with E-state index in [4.69, 9.17) is 0 Å². The van der Waals surface area contributed by atoms with Crippen LogP contribution in [0.3, 0.4) is 0 Å². The molecule has 1 N–H and O–H groups in total. The van der Waals surface area contributed by atoms with Crippen molar-refractivity contribution in [2.45, 2.75) is 68.7 Å². The molecule has 0 saturated heterocycles. The summed E-state index contributed by atoms with van der Waals surface area (Å²) in [6.07, 6.45) is 0. The summed E-state index contributed by atoms with van der Waals surface area (Å²) in [7, 11) is 1.27. The summed E-state index contributed by atoms with van der Waals surface area (Å²) in [5.74, 6) is 0. The van der Waals surface area contributed by atoms with E-state index < -0.39 is 14.8 Å². The van der Waals surface area contributed by atoms with E-state index in [1.807, 2.05) is 0 Å². The second-order valence-corrected chi connectivity index (χ2v) is 34.1. The zero-order valence-electron chi connectivity index (χ0n) is 16.2. The molecule has 22 heavy (non-hydrogen) atoms. The van der Waals surface area contributed by atoms with Gasteiger partial charge in [0, 0.05) is 0 Å². The molecule has 2 rings (SSSR count). The molecule has 123 valence electrons. The van der Waals surface area contributed by atoms with Gasteiger partial charge in [0.15, 0.2) is 0 Å². The standard InChI is InChI=1S/C13H15.C4H10N.2CH3.H3Si.Ti/c1-8-5-10(3)13-11(4)9(2)7-12(13)6-8;1-4(2,3)5;;;;/h5-7H,1-4H3;5H,1-3H3;3*1H3;/q;-1;;;;+1. The van der Waals surface area contributed by atoms with Gasteiger partial charge in [-0.1, -0.05) is 0 Å². The van der Waals surface area contributed by atoms with Crippen molar-refractivity contribution in [3.8, 4) is 0 Å². The van der Waals surface area contributed by atoms with E-state index in [1.165, 1.54) is 24.8 Å². The van der Waals surface area contributed by atoms with Gasteiger partial charge in [0.2, 0.25) is 0 Å². The molecule has 0 spiro atoms. The Kier molecular flexibility index (Phi) is 4.28. The van der Waals surface area contributed by atoms with Crippen LogP contribution in [0.4, 0.5) is 0 Å². The third-order valence-electron chi connectivity index (χ3n) is 5.05. The normalized spacial score (nSPS) is 21.0. The number of fused-ring (bicyclic) bond motifs is 1. The molecule has 0 fully saturated rings. The number of hydrogen-bond donors (Lipinski definition) is 1. The Morgan fingerprint density at radius 3 is 2.09 bits per heavy atom. The van der Waals surface area contributed by atoms with Gasteiger partial charge >= 0.3 is 141 Å². The number of nitrogens with one attached hydrogen (secondary N) is 1. The Morgan fingerprint density at radius 1 is 1.05 bits per heavy atom. The molecule has 0 radical (unpaired) electrons. The Labute approximate surface area is 140 Å². The molecular formula is C19H34NSiTi. The summed E-state index contributed by atoms with van der Waals surface area (Å²) in [6.45, 7) is 16.2. The van der Waals surface area contributed by atoms with Crippen molar-refractivity contribution in [2.24, 2.45) is 0 Å². The third kappa shape index (κ3) is 3.21. The van der Waals surface area contributed by atoms with Gasteiger partial charge in [0.25, 0.3) is 0 Å². The van der Waals surface area contributed by atoms with E-state index in [2.05, 4.69) is 74.9 Å². The van der Waals surface area contributed by atoms with Crippen LogP contribution in [0.1, 0.15) is 61.1 Å². The fourth-order valence-corrected chi connectivity index (χ4v) is 20.4. The fraction of sp³-hybridized carbons (Fsp3) is 0.579. The van der Waals surface area contributed by atoms with Crippen LogP contribution < -0.4 is 3.80 Å². The number of aryl methyl sites for hydroxylation is 2. The molecule has 1 nitrogen and oxygen atoms in total. The van der Waals surface area contributed by atoms with Gasteiger partial charge in [0.05, 0.1) is 0 Å². The van der Waals surface area contributed by atoms with Crippen molar-refractivity contribution < 1.29 is 14.8 Å². The summed E-state index contributed by atoms with van der Waals surface area (Å²) in [5, 5.41) is 5.23. The molecule has 0 amide bonds. The first-order chi connectivity index (χ1) is 9.71. The Balaban J connectivity index is 2.69. The van der Waals surface area contributed by atoms with E-state index in [0.29, 0.717) is 4.22 Å². The van der Waals surface area contributed by atoms with E-state index in [1.54, 1.807) is 16.7 Å². The van der Waals surface area contributed by atoms with Crippen LogP contribution in [0, 0.1) is 13.8 Å². The number of rotatable bonds is 2. The van der Waals surface area contributed by atoms with Gasteiger partial charge in [-0.25, -0.2) is 0 Å². The summed E-state index contributed by atoms with van der Waals surface area (Å²) >= 11 is -2.75. The molecule has 1 aromatic carbocycles. The molecular weight excluding hydrogens is 318 g/mol. The maximum atomic E-state index is 4.16. The van der Waals surface area contributed by atoms with Gasteiger partial charge in [-0.15, -0.1) is 0 Å². The van der Waals surface area contributed by atoms with Crippen LogP contribution in [0.25, 0.3) is 5.57 Å². The molecule has 0 heterocycles. The molecule has 1 atom stereocenters. The average Bonchev–Trinajstić information content (AvgIpc) is 2.46. The van der Waals surface area contributed by atoms with Gasteiger partial charge in [-0.3, -0.25) is 0 Å². The quantitative estimate of drug-likeness (QED) is 0.772. The van der Waals surface area contributed by atoms with Crippen LogP contribution >= 0.6 is 0 Å². The molecule has 0 aliphatic heterocycles. The second kappa shape index (κ2) is 5.17. The zero-order chi connectivity index (χ0) is 17.1. The fourth-order valence-electron chi connectivity index (χ4n) is 5.10. The molecule has 1 aliphatic carbocycles. The SMILES string of the molecule is CC1=C(C)[CH]([Ti]([CH3])([CH3])([SiH3])[NH]C(C)(C)C)c2cc(C)cc(C)c21. The molecule has 0 saturated carbocycles. The van der Waals surface area contributed by atoms with E-state index in [9.17, 15) is 0 Å². The molecule has 0 aromatic heterocycles. The predicted molar refractivity (Wildman–Crippen MR) is 101 cm³/mol. The van der Waals surface area contributed by atoms with E-state index in [-0.39, 0.29) is 5.54 Å². The van der Waals surface area contributed by atoms with Crippen LogP contribution in [0.5, 0.6) is 0 Å². The second-order valence-electron chi connectivity index (χ2n) is 9.92. The topological polar surface area (TPSA) is 12.0 Å². The first-order valence-electron chi connectivity index (χ1n) is 8.52. The van der Waals surface area contributed by atoms with Crippen LogP contribution in [-0.4, -0.2) is 13.6 Å². The molecule has 1 unspecified atom stereocenters. The molecule has 1 aromatic rings. The van der Waals surface area contributed by atoms with Gasteiger partial charge in [-0.05, 0) is 0 Å². The van der Waals surface area contributed by atoms with E-state index in [0.717, 1.165) is 0 Å². The van der Waals surface area contributed by atoms with Gasteiger partial charge in [0.1, 0.15) is 0 Å². The number of benzene rings is 1. The van der Waals surface area contributed by atoms with Crippen LogP contribution in [-0.2, 0) is 14.8 Å². The Hall–Kier alpha value is -0.149. The Bertz CT molecular complexity index is 656. The Morgan fingerprint density at radius 2 is 1.59 bits per heavy atom. The third-order valence-corrected chi connectivity index (χ3v) is 15.3. The van der Waals surface area contributed by atoms with Crippen LogP contribution in [0.2, 0.25) is 10.5 Å². The summed E-state index contributed by atoms with van der Waals surface area (Å²) < 4.78 is 4.81. The average molecular weight is 352 g/mol. The predicted octanol–water partition coefficient (Wildman–Crippen LogP) is 4.52. The first-order valence-corrected chi connectivity index (χ1v) is 19.0. The van der Waals surface area contributed by atoms with Gasteiger partial charge in [-0.2, -0.15) is 0 Å². The monoisotopic (exact) mass is 352 g/mol. The summed E-state index contributed by atoms with van der Waals surface area (Å²) in [5.41, 5.74) is 9.36. The van der Waals surface area contributed by atoms with Gasteiger partial charge < -0.3 is 0 Å². The van der Waals surface area contributed by atoms with Crippen molar-refractivity contribution in [3.05, 3.63) is 40.0 Å². The maximum absolute atomic E-state index is 4.16. The number of allylic oxidation sites excluding steroid dienone is 2. The first kappa shape index (κ1) is 18.2.